The number of aliphatic hydroxyl groups is 2. The standard InChI is InChI=1S/C19H31N3O5S/c1-16-5-7-17(8-6-16)28(26,27)22-10-3-2-4-18(22)19(25)20-9-11-21(12-14-23)13-15-24/h5-8,18,23-24H,2-4,9-15H2,1H3,(H,20,25). The van der Waals surface area contributed by atoms with Gasteiger partial charge in [-0.25, -0.2) is 8.42 Å². The van der Waals surface area contributed by atoms with Crippen LogP contribution in [0.15, 0.2) is 29.2 Å². The fourth-order valence-corrected chi connectivity index (χ4v) is 5.03. The molecule has 1 heterocycles. The van der Waals surface area contributed by atoms with E-state index < -0.39 is 16.1 Å². The predicted molar refractivity (Wildman–Crippen MR) is 106 cm³/mol. The Morgan fingerprint density at radius 3 is 2.39 bits per heavy atom. The third kappa shape index (κ3) is 5.99. The van der Waals surface area contributed by atoms with Crippen molar-refractivity contribution < 1.29 is 23.4 Å². The zero-order valence-corrected chi connectivity index (χ0v) is 17.2. The zero-order valence-electron chi connectivity index (χ0n) is 16.4. The number of piperidine rings is 1. The minimum Gasteiger partial charge on any atom is -0.395 e. The molecule has 0 bridgehead atoms. The van der Waals surface area contributed by atoms with Gasteiger partial charge in [0.15, 0.2) is 0 Å². The predicted octanol–water partition coefficient (Wildman–Crippen LogP) is -0.0590. The van der Waals surface area contributed by atoms with Crippen molar-refractivity contribution in [3.63, 3.8) is 0 Å². The smallest absolute Gasteiger partial charge is 0.243 e. The van der Waals surface area contributed by atoms with E-state index in [1.54, 1.807) is 24.3 Å². The second-order valence-corrected chi connectivity index (χ2v) is 8.91. The average molecular weight is 414 g/mol. The molecule has 1 unspecified atom stereocenters. The van der Waals surface area contributed by atoms with Crippen LogP contribution >= 0.6 is 0 Å². The van der Waals surface area contributed by atoms with Crippen LogP contribution in [0.4, 0.5) is 0 Å². The molecule has 1 aliphatic heterocycles. The number of carbonyl (C=O) groups is 1. The highest BCUT2D eigenvalue weighted by Gasteiger charge is 2.37. The number of amides is 1. The Balaban J connectivity index is 2.03. The Labute approximate surface area is 167 Å². The first kappa shape index (κ1) is 22.8. The number of nitrogens with one attached hydrogen (secondary N) is 1. The molecule has 0 radical (unpaired) electrons. The molecule has 1 aromatic rings. The molecule has 1 fully saturated rings. The molecule has 1 aliphatic rings. The van der Waals surface area contributed by atoms with Crippen LogP contribution in [0, 0.1) is 6.92 Å². The highest BCUT2D eigenvalue weighted by Crippen LogP contribution is 2.25. The number of aliphatic hydroxyl groups excluding tert-OH is 2. The second-order valence-electron chi connectivity index (χ2n) is 7.02. The van der Waals surface area contributed by atoms with Crippen molar-refractivity contribution in [2.75, 3.05) is 45.9 Å². The summed E-state index contributed by atoms with van der Waals surface area (Å²) in [5.41, 5.74) is 0.974. The largest absolute Gasteiger partial charge is 0.395 e. The van der Waals surface area contributed by atoms with Crippen molar-refractivity contribution in [2.24, 2.45) is 0 Å². The van der Waals surface area contributed by atoms with Gasteiger partial charge in [0.05, 0.1) is 18.1 Å². The van der Waals surface area contributed by atoms with Crippen molar-refractivity contribution >= 4 is 15.9 Å². The van der Waals surface area contributed by atoms with Crippen LogP contribution in [0.1, 0.15) is 24.8 Å². The number of rotatable bonds is 10. The fourth-order valence-electron chi connectivity index (χ4n) is 3.37. The summed E-state index contributed by atoms with van der Waals surface area (Å²) in [6.07, 6.45) is 2.03. The third-order valence-electron chi connectivity index (χ3n) is 4.94. The van der Waals surface area contributed by atoms with Gasteiger partial charge in [-0.3, -0.25) is 9.69 Å². The molecule has 1 aromatic carbocycles. The molecule has 0 spiro atoms. The molecule has 1 saturated heterocycles. The van der Waals surface area contributed by atoms with E-state index in [0.29, 0.717) is 39.1 Å². The molecule has 1 atom stereocenters. The lowest BCUT2D eigenvalue weighted by atomic mass is 10.0. The fraction of sp³-hybridized carbons (Fsp3) is 0.632. The van der Waals surface area contributed by atoms with Gasteiger partial charge >= 0.3 is 0 Å². The zero-order chi connectivity index (χ0) is 20.6. The van der Waals surface area contributed by atoms with Crippen LogP contribution < -0.4 is 5.32 Å². The molecule has 0 aromatic heterocycles. The highest BCUT2D eigenvalue weighted by atomic mass is 32.2. The molecule has 1 amide bonds. The maximum atomic E-state index is 13.0. The Morgan fingerprint density at radius 2 is 1.79 bits per heavy atom. The molecule has 9 heteroatoms. The van der Waals surface area contributed by atoms with Crippen LogP contribution in [0.25, 0.3) is 0 Å². The molecular weight excluding hydrogens is 382 g/mol. The maximum absolute atomic E-state index is 13.0. The van der Waals surface area contributed by atoms with Crippen LogP contribution in [-0.2, 0) is 14.8 Å². The van der Waals surface area contributed by atoms with E-state index in [2.05, 4.69) is 5.32 Å². The normalized spacial score (nSPS) is 18.4. The number of carbonyl (C=O) groups excluding carboxylic acids is 1. The van der Waals surface area contributed by atoms with Crippen LogP contribution in [0.3, 0.4) is 0 Å². The van der Waals surface area contributed by atoms with E-state index in [1.165, 1.54) is 4.31 Å². The number of hydrogen-bond acceptors (Lipinski definition) is 6. The van der Waals surface area contributed by atoms with E-state index in [-0.39, 0.29) is 24.0 Å². The monoisotopic (exact) mass is 413 g/mol. The van der Waals surface area contributed by atoms with Crippen LogP contribution in [-0.4, -0.2) is 85.7 Å². The summed E-state index contributed by atoms with van der Waals surface area (Å²) in [6, 6.07) is 5.95. The number of aryl methyl sites for hydroxylation is 1. The Morgan fingerprint density at radius 1 is 1.14 bits per heavy atom. The summed E-state index contributed by atoms with van der Waals surface area (Å²) in [6.45, 7) is 3.79. The van der Waals surface area contributed by atoms with Crippen LogP contribution in [0.2, 0.25) is 0 Å². The summed E-state index contributed by atoms with van der Waals surface area (Å²) >= 11 is 0. The van der Waals surface area contributed by atoms with E-state index in [0.717, 1.165) is 18.4 Å². The first-order chi connectivity index (χ1) is 13.4. The van der Waals surface area contributed by atoms with E-state index >= 15 is 0 Å². The van der Waals surface area contributed by atoms with Crippen molar-refractivity contribution in [1.82, 2.24) is 14.5 Å². The van der Waals surface area contributed by atoms with Crippen molar-refractivity contribution in [3.05, 3.63) is 29.8 Å². The minimum absolute atomic E-state index is 0.0286. The molecule has 3 N–H and O–H groups in total. The molecule has 28 heavy (non-hydrogen) atoms. The van der Waals surface area contributed by atoms with E-state index in [4.69, 9.17) is 10.2 Å². The summed E-state index contributed by atoms with van der Waals surface area (Å²) in [4.78, 5) is 14.7. The van der Waals surface area contributed by atoms with Gasteiger partial charge < -0.3 is 15.5 Å². The van der Waals surface area contributed by atoms with E-state index in [1.807, 2.05) is 11.8 Å². The van der Waals surface area contributed by atoms with Gasteiger partial charge in [-0.1, -0.05) is 24.1 Å². The number of hydrogen-bond donors (Lipinski definition) is 3. The lowest BCUT2D eigenvalue weighted by Crippen LogP contribution is -2.52. The molecular formula is C19H31N3O5S. The first-order valence-corrected chi connectivity index (χ1v) is 11.1. The summed E-state index contributed by atoms with van der Waals surface area (Å²) < 4.78 is 27.4. The Hall–Kier alpha value is -1.52. The van der Waals surface area contributed by atoms with Crippen LogP contribution in [0.5, 0.6) is 0 Å². The number of sulfonamides is 1. The van der Waals surface area contributed by atoms with Gasteiger partial charge in [-0.2, -0.15) is 4.31 Å². The molecule has 8 nitrogen and oxygen atoms in total. The summed E-state index contributed by atoms with van der Waals surface area (Å²) in [7, 11) is -3.74. The third-order valence-corrected chi connectivity index (χ3v) is 6.87. The van der Waals surface area contributed by atoms with E-state index in [9.17, 15) is 13.2 Å². The molecule has 0 saturated carbocycles. The van der Waals surface area contributed by atoms with Gasteiger partial charge in [0.1, 0.15) is 6.04 Å². The lowest BCUT2D eigenvalue weighted by Gasteiger charge is -2.33. The molecule has 2 rings (SSSR count). The maximum Gasteiger partial charge on any atom is 0.243 e. The van der Waals surface area contributed by atoms with Crippen molar-refractivity contribution in [2.45, 2.75) is 37.1 Å². The number of benzene rings is 1. The average Bonchev–Trinajstić information content (AvgIpc) is 2.68. The SMILES string of the molecule is Cc1ccc(S(=O)(=O)N2CCCCC2C(=O)NCCN(CCO)CCO)cc1. The van der Waals surface area contributed by atoms with Gasteiger partial charge in [0.25, 0.3) is 0 Å². The van der Waals surface area contributed by atoms with Gasteiger partial charge in [0, 0.05) is 32.7 Å². The van der Waals surface area contributed by atoms with Gasteiger partial charge in [0.2, 0.25) is 15.9 Å². The minimum atomic E-state index is -3.74. The highest BCUT2D eigenvalue weighted by molar-refractivity contribution is 7.89. The second kappa shape index (κ2) is 10.9. The quantitative estimate of drug-likeness (QED) is 0.496. The van der Waals surface area contributed by atoms with Gasteiger partial charge in [-0.05, 0) is 31.9 Å². The Bertz CT molecular complexity index is 718. The summed E-state index contributed by atoms with van der Waals surface area (Å²) in [5.74, 6) is -0.302. The topological polar surface area (TPSA) is 110 Å². The van der Waals surface area contributed by atoms with Crippen molar-refractivity contribution in [1.29, 1.82) is 0 Å². The van der Waals surface area contributed by atoms with Crippen molar-refractivity contribution in [3.8, 4) is 0 Å². The van der Waals surface area contributed by atoms with Gasteiger partial charge in [-0.15, -0.1) is 0 Å². The first-order valence-electron chi connectivity index (χ1n) is 9.70. The summed E-state index contributed by atoms with van der Waals surface area (Å²) in [5, 5.41) is 20.9. The molecule has 158 valence electrons. The molecule has 0 aliphatic carbocycles. The lowest BCUT2D eigenvalue weighted by molar-refractivity contribution is -0.125. The Kier molecular flexibility index (Phi) is 8.84. The number of nitrogens with zero attached hydrogens (tertiary/aromatic N) is 2.